The monoisotopic (exact) mass is 217 g/mol. The van der Waals surface area contributed by atoms with E-state index < -0.39 is 28.3 Å². The zero-order valence-electron chi connectivity index (χ0n) is 7.91. The maximum absolute atomic E-state index is 12.9. The lowest BCUT2D eigenvalue weighted by atomic mass is 10.1. The first-order valence-electron chi connectivity index (χ1n) is 4.22. The molecule has 0 heterocycles. The summed E-state index contributed by atoms with van der Waals surface area (Å²) >= 11 is 0. The minimum atomic E-state index is -1.48. The van der Waals surface area contributed by atoms with Crippen LogP contribution in [0.1, 0.15) is 12.5 Å². The quantitative estimate of drug-likeness (QED) is 0.620. The maximum Gasteiger partial charge on any atom is 0.308 e. The van der Waals surface area contributed by atoms with E-state index >= 15 is 0 Å². The van der Waals surface area contributed by atoms with Gasteiger partial charge in [0.05, 0.1) is 11.0 Å². The summed E-state index contributed by atoms with van der Waals surface area (Å²) in [6.07, 6.45) is -0.729. The third kappa shape index (κ3) is 2.69. The Balaban J connectivity index is 3.17. The minimum absolute atomic E-state index is 0.0397. The molecule has 4 nitrogen and oxygen atoms in total. The molecule has 0 bridgehead atoms. The Kier molecular flexibility index (Phi) is 3.31. The van der Waals surface area contributed by atoms with Crippen LogP contribution in [0, 0.1) is 21.7 Å². The summed E-state index contributed by atoms with van der Waals surface area (Å²) in [6.45, 7) is 1.45. The molecular formula is C9H9F2NO3. The number of hydrogen-bond donors (Lipinski definition) is 1. The van der Waals surface area contributed by atoms with Crippen molar-refractivity contribution in [2.45, 2.75) is 19.4 Å². The lowest BCUT2D eigenvalue weighted by molar-refractivity contribution is -0.387. The van der Waals surface area contributed by atoms with Crippen molar-refractivity contribution in [3.8, 4) is 0 Å². The van der Waals surface area contributed by atoms with Gasteiger partial charge in [-0.1, -0.05) is 0 Å². The largest absolute Gasteiger partial charge is 0.393 e. The summed E-state index contributed by atoms with van der Waals surface area (Å²) in [5, 5.41) is 19.4. The molecule has 0 aliphatic carbocycles. The number of hydrogen-bond acceptors (Lipinski definition) is 3. The molecule has 1 rings (SSSR count). The van der Waals surface area contributed by atoms with Crippen molar-refractivity contribution in [1.29, 1.82) is 0 Å². The molecule has 0 aliphatic rings. The number of halogens is 2. The summed E-state index contributed by atoms with van der Waals surface area (Å²) < 4.78 is 25.8. The van der Waals surface area contributed by atoms with Crippen LogP contribution in [0.3, 0.4) is 0 Å². The average molecular weight is 217 g/mol. The number of rotatable bonds is 3. The van der Waals surface area contributed by atoms with Gasteiger partial charge in [-0.3, -0.25) is 10.1 Å². The number of benzene rings is 1. The normalized spacial score (nSPS) is 12.5. The van der Waals surface area contributed by atoms with Crippen molar-refractivity contribution < 1.29 is 18.8 Å². The van der Waals surface area contributed by atoms with Crippen LogP contribution >= 0.6 is 0 Å². The van der Waals surface area contributed by atoms with Gasteiger partial charge in [0.2, 0.25) is 5.82 Å². The van der Waals surface area contributed by atoms with Gasteiger partial charge in [0.25, 0.3) is 0 Å². The highest BCUT2D eigenvalue weighted by Crippen LogP contribution is 2.22. The Morgan fingerprint density at radius 2 is 2.13 bits per heavy atom. The summed E-state index contributed by atoms with van der Waals surface area (Å²) in [5.74, 6) is -2.76. The fraction of sp³-hybridized carbons (Fsp3) is 0.333. The topological polar surface area (TPSA) is 63.4 Å². The molecule has 0 saturated carbocycles. The highest BCUT2D eigenvalue weighted by molar-refractivity contribution is 5.37. The van der Waals surface area contributed by atoms with Gasteiger partial charge < -0.3 is 5.11 Å². The molecule has 1 N–H and O–H groups in total. The fourth-order valence-electron chi connectivity index (χ4n) is 1.22. The van der Waals surface area contributed by atoms with E-state index in [1.807, 2.05) is 0 Å². The second-order valence-electron chi connectivity index (χ2n) is 3.22. The molecular weight excluding hydrogens is 208 g/mol. The SMILES string of the molecule is CC(O)Cc1cc(F)c(F)c([N+](=O)[O-])c1. The summed E-state index contributed by atoms with van der Waals surface area (Å²) in [5.41, 5.74) is -0.721. The fourth-order valence-corrected chi connectivity index (χ4v) is 1.22. The van der Waals surface area contributed by atoms with Crippen molar-refractivity contribution in [2.24, 2.45) is 0 Å². The Labute approximate surface area is 84.3 Å². The Morgan fingerprint density at radius 1 is 1.53 bits per heavy atom. The molecule has 1 atom stereocenters. The van der Waals surface area contributed by atoms with E-state index in [0.717, 1.165) is 12.1 Å². The highest BCUT2D eigenvalue weighted by Gasteiger charge is 2.20. The number of aliphatic hydroxyl groups excluding tert-OH is 1. The first-order valence-corrected chi connectivity index (χ1v) is 4.22. The smallest absolute Gasteiger partial charge is 0.308 e. The van der Waals surface area contributed by atoms with Crippen LogP contribution in [0.2, 0.25) is 0 Å². The Bertz CT molecular complexity index is 393. The van der Waals surface area contributed by atoms with Gasteiger partial charge in [0.1, 0.15) is 0 Å². The zero-order valence-corrected chi connectivity index (χ0v) is 7.91. The van der Waals surface area contributed by atoms with Gasteiger partial charge in [-0.05, 0) is 25.0 Å². The van der Waals surface area contributed by atoms with Crippen molar-refractivity contribution >= 4 is 5.69 Å². The van der Waals surface area contributed by atoms with E-state index in [9.17, 15) is 18.9 Å². The number of aliphatic hydroxyl groups is 1. The van der Waals surface area contributed by atoms with Gasteiger partial charge in [0.15, 0.2) is 5.82 Å². The third-order valence-corrected chi connectivity index (χ3v) is 1.80. The molecule has 1 aromatic carbocycles. The Hall–Kier alpha value is -1.56. The van der Waals surface area contributed by atoms with E-state index in [4.69, 9.17) is 5.11 Å². The molecule has 0 radical (unpaired) electrons. The second-order valence-corrected chi connectivity index (χ2v) is 3.22. The molecule has 0 saturated heterocycles. The predicted octanol–water partition coefficient (Wildman–Crippen LogP) is 1.80. The van der Waals surface area contributed by atoms with Crippen molar-refractivity contribution in [2.75, 3.05) is 0 Å². The summed E-state index contributed by atoms with van der Waals surface area (Å²) in [7, 11) is 0. The third-order valence-electron chi connectivity index (χ3n) is 1.80. The Morgan fingerprint density at radius 3 is 2.60 bits per heavy atom. The van der Waals surface area contributed by atoms with Crippen LogP contribution in [0.15, 0.2) is 12.1 Å². The van der Waals surface area contributed by atoms with Gasteiger partial charge >= 0.3 is 5.69 Å². The van der Waals surface area contributed by atoms with E-state index in [2.05, 4.69) is 0 Å². The van der Waals surface area contributed by atoms with Crippen molar-refractivity contribution in [3.05, 3.63) is 39.4 Å². The van der Waals surface area contributed by atoms with Gasteiger partial charge in [-0.15, -0.1) is 0 Å². The predicted molar refractivity (Wildman–Crippen MR) is 48.4 cm³/mol. The average Bonchev–Trinajstić information content (AvgIpc) is 2.09. The van der Waals surface area contributed by atoms with E-state index in [1.165, 1.54) is 6.92 Å². The molecule has 1 unspecified atom stereocenters. The first kappa shape index (κ1) is 11.5. The van der Waals surface area contributed by atoms with E-state index in [0.29, 0.717) is 0 Å². The second kappa shape index (κ2) is 4.31. The molecule has 0 spiro atoms. The first-order chi connectivity index (χ1) is 6.91. The molecule has 6 heteroatoms. The van der Waals surface area contributed by atoms with Crippen LogP contribution in [-0.4, -0.2) is 16.1 Å². The number of nitro benzene ring substituents is 1. The maximum atomic E-state index is 12.9. The summed E-state index contributed by atoms with van der Waals surface area (Å²) in [6, 6.07) is 1.76. The van der Waals surface area contributed by atoms with Gasteiger partial charge in [-0.25, -0.2) is 4.39 Å². The number of nitrogens with zero attached hydrogens (tertiary/aromatic N) is 1. The van der Waals surface area contributed by atoms with E-state index in [1.54, 1.807) is 0 Å². The number of nitro groups is 1. The van der Waals surface area contributed by atoms with Crippen molar-refractivity contribution in [3.63, 3.8) is 0 Å². The molecule has 0 aromatic heterocycles. The zero-order chi connectivity index (χ0) is 11.6. The lowest BCUT2D eigenvalue weighted by Crippen LogP contribution is -2.06. The molecule has 0 aliphatic heterocycles. The summed E-state index contributed by atoms with van der Waals surface area (Å²) in [4.78, 5) is 9.35. The highest BCUT2D eigenvalue weighted by atomic mass is 19.2. The van der Waals surface area contributed by atoms with Crippen LogP contribution in [0.4, 0.5) is 14.5 Å². The van der Waals surface area contributed by atoms with Crippen molar-refractivity contribution in [1.82, 2.24) is 0 Å². The standard InChI is InChI=1S/C9H9F2NO3/c1-5(13)2-6-3-7(10)9(11)8(4-6)12(14)15/h3-5,13H,2H2,1H3. The molecule has 0 fully saturated rings. The van der Waals surface area contributed by atoms with Gasteiger partial charge in [-0.2, -0.15) is 4.39 Å². The molecule has 82 valence electrons. The molecule has 15 heavy (non-hydrogen) atoms. The van der Waals surface area contributed by atoms with Crippen LogP contribution in [0.5, 0.6) is 0 Å². The van der Waals surface area contributed by atoms with Crippen LogP contribution < -0.4 is 0 Å². The van der Waals surface area contributed by atoms with Gasteiger partial charge in [0, 0.05) is 6.07 Å². The lowest BCUT2D eigenvalue weighted by Gasteiger charge is -2.05. The molecule has 1 aromatic rings. The van der Waals surface area contributed by atoms with Crippen LogP contribution in [-0.2, 0) is 6.42 Å². The molecule has 0 amide bonds. The van der Waals surface area contributed by atoms with E-state index in [-0.39, 0.29) is 12.0 Å². The minimum Gasteiger partial charge on any atom is -0.393 e. The van der Waals surface area contributed by atoms with Crippen LogP contribution in [0.25, 0.3) is 0 Å².